The number of nitrogens with zero attached hydrogens (tertiary/aromatic N) is 2. The molecule has 1 saturated heterocycles. The fourth-order valence-corrected chi connectivity index (χ4v) is 2.80. The Morgan fingerprint density at radius 3 is 2.43 bits per heavy atom. The Morgan fingerprint density at radius 2 is 1.83 bits per heavy atom. The van der Waals surface area contributed by atoms with Crippen molar-refractivity contribution < 1.29 is 14.3 Å². The molecule has 2 rings (SSSR count). The van der Waals surface area contributed by atoms with E-state index in [2.05, 4.69) is 0 Å². The van der Waals surface area contributed by atoms with Crippen molar-refractivity contribution in [2.45, 2.75) is 38.3 Å². The quantitative estimate of drug-likeness (QED) is 0.722. The second kappa shape index (κ2) is 8.67. The van der Waals surface area contributed by atoms with Crippen molar-refractivity contribution in [1.82, 2.24) is 9.80 Å². The summed E-state index contributed by atoms with van der Waals surface area (Å²) < 4.78 is 5.40. The second-order valence-electron chi connectivity index (χ2n) is 6.20. The number of hydrogen-bond acceptors (Lipinski definition) is 4. The lowest BCUT2D eigenvalue weighted by molar-refractivity contribution is -0.150. The van der Waals surface area contributed by atoms with Crippen LogP contribution in [-0.4, -0.2) is 54.9 Å². The molecule has 0 aromatic heterocycles. The first kappa shape index (κ1) is 17.5. The maximum absolute atomic E-state index is 12.3. The lowest BCUT2D eigenvalue weighted by Crippen LogP contribution is -2.38. The van der Waals surface area contributed by atoms with E-state index in [0.29, 0.717) is 12.8 Å². The zero-order valence-corrected chi connectivity index (χ0v) is 14.0. The van der Waals surface area contributed by atoms with Gasteiger partial charge in [0.1, 0.15) is 12.6 Å². The standard InChI is InChI=1S/C18H26N2O3/c1-19(2)16(10-11-17(21)20-12-6-7-13-20)18(22)23-14-15-8-4-3-5-9-15/h3-5,8-9,16H,6-7,10-14H2,1-2H3/t16-/m1/s1. The molecule has 1 atom stereocenters. The van der Waals surface area contributed by atoms with Crippen LogP contribution in [0.5, 0.6) is 0 Å². The largest absolute Gasteiger partial charge is 0.460 e. The Kier molecular flexibility index (Phi) is 6.59. The zero-order chi connectivity index (χ0) is 16.7. The molecule has 0 saturated carbocycles. The van der Waals surface area contributed by atoms with Crippen LogP contribution < -0.4 is 0 Å². The van der Waals surface area contributed by atoms with Gasteiger partial charge in [0.05, 0.1) is 0 Å². The fraction of sp³-hybridized carbons (Fsp3) is 0.556. The molecule has 1 aliphatic heterocycles. The molecular formula is C18H26N2O3. The summed E-state index contributed by atoms with van der Waals surface area (Å²) in [7, 11) is 3.68. The Labute approximate surface area is 138 Å². The van der Waals surface area contributed by atoms with Gasteiger partial charge in [0, 0.05) is 19.5 Å². The second-order valence-corrected chi connectivity index (χ2v) is 6.20. The molecule has 0 bridgehead atoms. The molecule has 0 radical (unpaired) electrons. The van der Waals surface area contributed by atoms with E-state index in [1.165, 1.54) is 0 Å². The van der Waals surface area contributed by atoms with Crippen molar-refractivity contribution in [2.75, 3.05) is 27.2 Å². The van der Waals surface area contributed by atoms with Crippen LogP contribution >= 0.6 is 0 Å². The molecule has 1 amide bonds. The van der Waals surface area contributed by atoms with Gasteiger partial charge in [-0.15, -0.1) is 0 Å². The van der Waals surface area contributed by atoms with E-state index in [1.54, 1.807) is 0 Å². The summed E-state index contributed by atoms with van der Waals surface area (Å²) in [5, 5.41) is 0. The number of esters is 1. The Balaban J connectivity index is 1.82. The zero-order valence-electron chi connectivity index (χ0n) is 14.0. The molecule has 1 aliphatic rings. The van der Waals surface area contributed by atoms with Gasteiger partial charge in [0.15, 0.2) is 0 Å². The van der Waals surface area contributed by atoms with Gasteiger partial charge >= 0.3 is 5.97 Å². The van der Waals surface area contributed by atoms with Gasteiger partial charge in [0.25, 0.3) is 0 Å². The number of likely N-dealkylation sites (tertiary alicyclic amines) is 1. The summed E-state index contributed by atoms with van der Waals surface area (Å²) in [4.78, 5) is 28.1. The molecule has 1 aromatic carbocycles. The molecule has 1 aromatic rings. The molecule has 126 valence electrons. The van der Waals surface area contributed by atoms with Crippen LogP contribution in [0, 0.1) is 0 Å². The predicted molar refractivity (Wildman–Crippen MR) is 88.8 cm³/mol. The maximum atomic E-state index is 12.3. The van der Waals surface area contributed by atoms with E-state index in [9.17, 15) is 9.59 Å². The topological polar surface area (TPSA) is 49.9 Å². The Hall–Kier alpha value is -1.88. The highest BCUT2D eigenvalue weighted by Crippen LogP contribution is 2.13. The van der Waals surface area contributed by atoms with E-state index >= 15 is 0 Å². The number of carbonyl (C=O) groups is 2. The smallest absolute Gasteiger partial charge is 0.323 e. The number of ether oxygens (including phenoxy) is 1. The number of rotatable bonds is 7. The van der Waals surface area contributed by atoms with Gasteiger partial charge in [0.2, 0.25) is 5.91 Å². The van der Waals surface area contributed by atoms with Crippen molar-refractivity contribution >= 4 is 11.9 Å². The van der Waals surface area contributed by atoms with Crippen LogP contribution in [0.25, 0.3) is 0 Å². The van der Waals surface area contributed by atoms with E-state index < -0.39 is 0 Å². The van der Waals surface area contributed by atoms with Crippen molar-refractivity contribution in [3.8, 4) is 0 Å². The molecule has 0 aliphatic carbocycles. The number of amides is 1. The summed E-state index contributed by atoms with van der Waals surface area (Å²) in [5.74, 6) is -0.127. The minimum Gasteiger partial charge on any atom is -0.460 e. The van der Waals surface area contributed by atoms with Crippen molar-refractivity contribution in [2.24, 2.45) is 0 Å². The van der Waals surface area contributed by atoms with Gasteiger partial charge < -0.3 is 9.64 Å². The lowest BCUT2D eigenvalue weighted by atomic mass is 10.1. The summed E-state index contributed by atoms with van der Waals surface area (Å²) in [6.45, 7) is 1.97. The first-order valence-electron chi connectivity index (χ1n) is 8.22. The monoisotopic (exact) mass is 318 g/mol. The number of benzene rings is 1. The normalized spacial score (nSPS) is 15.7. The van der Waals surface area contributed by atoms with Crippen LogP contribution in [0.3, 0.4) is 0 Å². The lowest BCUT2D eigenvalue weighted by Gasteiger charge is -2.23. The Morgan fingerprint density at radius 1 is 1.17 bits per heavy atom. The summed E-state index contributed by atoms with van der Waals surface area (Å²) >= 11 is 0. The van der Waals surface area contributed by atoms with E-state index in [-0.39, 0.29) is 24.5 Å². The molecule has 5 heteroatoms. The fourth-order valence-electron chi connectivity index (χ4n) is 2.80. The van der Waals surface area contributed by atoms with Crippen molar-refractivity contribution in [3.05, 3.63) is 35.9 Å². The number of likely N-dealkylation sites (N-methyl/N-ethyl adjacent to an activating group) is 1. The van der Waals surface area contributed by atoms with Crippen molar-refractivity contribution in [3.63, 3.8) is 0 Å². The summed E-state index contributed by atoms with van der Waals surface area (Å²) in [5.41, 5.74) is 0.964. The van der Waals surface area contributed by atoms with Crippen LogP contribution in [0.1, 0.15) is 31.2 Å². The van der Waals surface area contributed by atoms with Crippen LogP contribution in [0.2, 0.25) is 0 Å². The Bertz CT molecular complexity index is 510. The van der Waals surface area contributed by atoms with E-state index in [1.807, 2.05) is 54.2 Å². The van der Waals surface area contributed by atoms with Crippen LogP contribution in [0.15, 0.2) is 30.3 Å². The SMILES string of the molecule is CN(C)[C@H](CCC(=O)N1CCCC1)C(=O)OCc1ccccc1. The van der Waals surface area contributed by atoms with E-state index in [0.717, 1.165) is 31.5 Å². The third kappa shape index (κ3) is 5.36. The highest BCUT2D eigenvalue weighted by Gasteiger charge is 2.25. The minimum absolute atomic E-state index is 0.144. The molecule has 0 N–H and O–H groups in total. The summed E-state index contributed by atoms with van der Waals surface area (Å²) in [6, 6.07) is 9.23. The minimum atomic E-state index is -0.384. The van der Waals surface area contributed by atoms with Gasteiger partial charge in [-0.3, -0.25) is 14.5 Å². The third-order valence-corrected chi connectivity index (χ3v) is 4.21. The molecule has 1 heterocycles. The van der Waals surface area contributed by atoms with E-state index in [4.69, 9.17) is 4.74 Å². The molecule has 5 nitrogen and oxygen atoms in total. The van der Waals surface area contributed by atoms with Gasteiger partial charge in [-0.05, 0) is 38.9 Å². The maximum Gasteiger partial charge on any atom is 0.323 e. The molecule has 0 unspecified atom stereocenters. The average Bonchev–Trinajstić information content (AvgIpc) is 3.08. The number of carbonyl (C=O) groups excluding carboxylic acids is 2. The first-order valence-corrected chi connectivity index (χ1v) is 8.22. The van der Waals surface area contributed by atoms with Gasteiger partial charge in [-0.25, -0.2) is 0 Å². The van der Waals surface area contributed by atoms with Crippen molar-refractivity contribution in [1.29, 1.82) is 0 Å². The first-order chi connectivity index (χ1) is 11.1. The number of hydrogen-bond donors (Lipinski definition) is 0. The van der Waals surface area contributed by atoms with Gasteiger partial charge in [-0.1, -0.05) is 30.3 Å². The molecule has 1 fully saturated rings. The molecule has 0 spiro atoms. The summed E-state index contributed by atoms with van der Waals surface area (Å²) in [6.07, 6.45) is 3.06. The molecular weight excluding hydrogens is 292 g/mol. The van der Waals surface area contributed by atoms with Crippen LogP contribution in [-0.2, 0) is 20.9 Å². The van der Waals surface area contributed by atoms with Gasteiger partial charge in [-0.2, -0.15) is 0 Å². The highest BCUT2D eigenvalue weighted by molar-refractivity contribution is 5.79. The van der Waals surface area contributed by atoms with Crippen LogP contribution in [0.4, 0.5) is 0 Å². The molecule has 23 heavy (non-hydrogen) atoms. The highest BCUT2D eigenvalue weighted by atomic mass is 16.5. The predicted octanol–water partition coefficient (Wildman–Crippen LogP) is 2.06. The average molecular weight is 318 g/mol. The third-order valence-electron chi connectivity index (χ3n) is 4.21.